The summed E-state index contributed by atoms with van der Waals surface area (Å²) >= 11 is 3.36. The monoisotopic (exact) mass is 268 g/mol. The molecule has 15 heavy (non-hydrogen) atoms. The molecular formula is C10H13BrN4. The second-order valence-corrected chi connectivity index (χ2v) is 4.92. The second kappa shape index (κ2) is 3.56. The van der Waals surface area contributed by atoms with Crippen molar-refractivity contribution in [3.8, 4) is 0 Å². The fourth-order valence-corrected chi connectivity index (χ4v) is 1.80. The van der Waals surface area contributed by atoms with Gasteiger partial charge in [-0.3, -0.25) is 4.40 Å². The van der Waals surface area contributed by atoms with Crippen molar-refractivity contribution in [3.63, 3.8) is 0 Å². The second-order valence-electron chi connectivity index (χ2n) is 4.17. The normalized spacial score (nSPS) is 12.3. The van der Waals surface area contributed by atoms with Crippen molar-refractivity contribution in [1.29, 1.82) is 0 Å². The Kier molecular flexibility index (Phi) is 2.50. The van der Waals surface area contributed by atoms with E-state index in [9.17, 15) is 0 Å². The molecule has 0 unspecified atom stereocenters. The van der Waals surface area contributed by atoms with Crippen LogP contribution in [0.1, 0.15) is 33.0 Å². The van der Waals surface area contributed by atoms with E-state index in [4.69, 9.17) is 0 Å². The Morgan fingerprint density at radius 1 is 1.40 bits per heavy atom. The third-order valence-corrected chi connectivity index (χ3v) is 3.33. The lowest BCUT2D eigenvalue weighted by Crippen LogP contribution is -2.19. The highest BCUT2D eigenvalue weighted by Gasteiger charge is 2.24. The minimum absolute atomic E-state index is 0.0280. The third kappa shape index (κ3) is 1.65. The molecule has 0 radical (unpaired) electrons. The van der Waals surface area contributed by atoms with E-state index in [1.807, 2.05) is 10.6 Å². The quantitative estimate of drug-likeness (QED) is 0.841. The average Bonchev–Trinajstić information content (AvgIpc) is 2.63. The van der Waals surface area contributed by atoms with E-state index >= 15 is 0 Å². The minimum Gasteiger partial charge on any atom is -0.282 e. The van der Waals surface area contributed by atoms with Gasteiger partial charge in [0.2, 0.25) is 0 Å². The summed E-state index contributed by atoms with van der Waals surface area (Å²) in [7, 11) is 0. The number of rotatable bonds is 2. The number of aromatic nitrogens is 4. The molecule has 0 fully saturated rings. The highest BCUT2D eigenvalue weighted by Crippen LogP contribution is 2.26. The topological polar surface area (TPSA) is 43.1 Å². The predicted octanol–water partition coefficient (Wildman–Crippen LogP) is 2.57. The zero-order chi connectivity index (χ0) is 11.1. The molecule has 5 heteroatoms. The lowest BCUT2D eigenvalue weighted by Gasteiger charge is -2.19. The van der Waals surface area contributed by atoms with Crippen LogP contribution in [0.3, 0.4) is 0 Å². The van der Waals surface area contributed by atoms with Crippen molar-refractivity contribution in [2.75, 3.05) is 0 Å². The van der Waals surface area contributed by atoms with Gasteiger partial charge in [0.15, 0.2) is 10.3 Å². The highest BCUT2D eigenvalue weighted by molar-refractivity contribution is 9.10. The van der Waals surface area contributed by atoms with Crippen molar-refractivity contribution < 1.29 is 0 Å². The van der Waals surface area contributed by atoms with Crippen molar-refractivity contribution in [2.45, 2.75) is 32.6 Å². The first-order chi connectivity index (χ1) is 7.06. The summed E-state index contributed by atoms with van der Waals surface area (Å²) in [5.41, 5.74) is 0.800. The van der Waals surface area contributed by atoms with E-state index in [1.54, 1.807) is 6.20 Å². The Labute approximate surface area is 96.9 Å². The van der Waals surface area contributed by atoms with Gasteiger partial charge in [0.25, 0.3) is 0 Å². The predicted molar refractivity (Wildman–Crippen MR) is 61.8 cm³/mol. The summed E-state index contributed by atoms with van der Waals surface area (Å²) < 4.78 is 2.72. The Hall–Kier alpha value is -0.970. The summed E-state index contributed by atoms with van der Waals surface area (Å²) in [6.07, 6.45) is 4.66. The molecule has 0 aromatic carbocycles. The van der Waals surface area contributed by atoms with Crippen molar-refractivity contribution >= 4 is 21.6 Å². The van der Waals surface area contributed by atoms with Crippen LogP contribution in [-0.4, -0.2) is 19.6 Å². The van der Waals surface area contributed by atoms with Gasteiger partial charge < -0.3 is 0 Å². The SMILES string of the molecule is CCC(C)(C)c1nnc2c(Br)nccn12. The molecule has 0 amide bonds. The van der Waals surface area contributed by atoms with Gasteiger partial charge in [-0.2, -0.15) is 0 Å². The lowest BCUT2D eigenvalue weighted by molar-refractivity contribution is 0.468. The summed E-state index contributed by atoms with van der Waals surface area (Å²) in [6.45, 7) is 6.48. The van der Waals surface area contributed by atoms with Crippen LogP contribution in [0.15, 0.2) is 17.0 Å². The van der Waals surface area contributed by atoms with Gasteiger partial charge in [-0.05, 0) is 22.4 Å². The highest BCUT2D eigenvalue weighted by atomic mass is 79.9. The molecule has 0 aliphatic carbocycles. The van der Waals surface area contributed by atoms with Gasteiger partial charge in [-0.1, -0.05) is 20.8 Å². The van der Waals surface area contributed by atoms with Crippen molar-refractivity contribution in [1.82, 2.24) is 19.6 Å². The number of fused-ring (bicyclic) bond motifs is 1. The van der Waals surface area contributed by atoms with E-state index in [-0.39, 0.29) is 5.41 Å². The van der Waals surface area contributed by atoms with Crippen LogP contribution >= 0.6 is 15.9 Å². The molecule has 0 spiro atoms. The molecule has 0 atom stereocenters. The molecule has 0 aliphatic rings. The molecule has 0 aliphatic heterocycles. The number of hydrogen-bond acceptors (Lipinski definition) is 3. The maximum Gasteiger partial charge on any atom is 0.194 e. The number of nitrogens with zero attached hydrogens (tertiary/aromatic N) is 4. The molecule has 2 aromatic rings. The molecule has 0 N–H and O–H groups in total. The van der Waals surface area contributed by atoms with Crippen LogP contribution in [0.2, 0.25) is 0 Å². The van der Waals surface area contributed by atoms with Crippen LogP contribution in [0.25, 0.3) is 5.65 Å². The smallest absolute Gasteiger partial charge is 0.194 e. The number of halogens is 1. The first-order valence-electron chi connectivity index (χ1n) is 4.92. The molecule has 0 saturated heterocycles. The van der Waals surface area contributed by atoms with Crippen LogP contribution in [0.4, 0.5) is 0 Å². The van der Waals surface area contributed by atoms with Crippen LogP contribution in [0, 0.1) is 0 Å². The maximum absolute atomic E-state index is 4.24. The van der Waals surface area contributed by atoms with Crippen LogP contribution in [-0.2, 0) is 5.41 Å². The standard InChI is InChI=1S/C10H13BrN4/c1-4-10(2,3)9-14-13-8-7(11)12-5-6-15(8)9/h5-6H,4H2,1-3H3. The zero-order valence-corrected chi connectivity index (χ0v) is 10.6. The van der Waals surface area contributed by atoms with E-state index in [1.165, 1.54) is 0 Å². The molecule has 0 saturated carbocycles. The van der Waals surface area contributed by atoms with Gasteiger partial charge in [-0.15, -0.1) is 10.2 Å². The molecule has 80 valence electrons. The van der Waals surface area contributed by atoms with E-state index in [0.717, 1.165) is 22.5 Å². The van der Waals surface area contributed by atoms with Gasteiger partial charge in [0.1, 0.15) is 5.82 Å². The Bertz CT molecular complexity index is 489. The fourth-order valence-electron chi connectivity index (χ4n) is 1.42. The molecule has 2 rings (SSSR count). The average molecular weight is 269 g/mol. The summed E-state index contributed by atoms with van der Waals surface area (Å²) in [5, 5.41) is 8.38. The Morgan fingerprint density at radius 2 is 2.13 bits per heavy atom. The molecule has 2 heterocycles. The first-order valence-corrected chi connectivity index (χ1v) is 5.71. The van der Waals surface area contributed by atoms with E-state index in [2.05, 4.69) is 51.9 Å². The molecular weight excluding hydrogens is 256 g/mol. The third-order valence-electron chi connectivity index (χ3n) is 2.77. The van der Waals surface area contributed by atoms with E-state index in [0.29, 0.717) is 0 Å². The fraction of sp³-hybridized carbons (Fsp3) is 0.500. The van der Waals surface area contributed by atoms with Gasteiger partial charge >= 0.3 is 0 Å². The summed E-state index contributed by atoms with van der Waals surface area (Å²) in [5.74, 6) is 0.975. The van der Waals surface area contributed by atoms with E-state index < -0.39 is 0 Å². The number of hydrogen-bond donors (Lipinski definition) is 0. The van der Waals surface area contributed by atoms with Gasteiger partial charge in [0.05, 0.1) is 0 Å². The maximum atomic E-state index is 4.24. The van der Waals surface area contributed by atoms with Crippen molar-refractivity contribution in [2.24, 2.45) is 0 Å². The lowest BCUT2D eigenvalue weighted by atomic mass is 9.89. The van der Waals surface area contributed by atoms with Crippen LogP contribution in [0.5, 0.6) is 0 Å². The first kappa shape index (κ1) is 10.5. The Balaban J connectivity index is 2.69. The Morgan fingerprint density at radius 3 is 2.80 bits per heavy atom. The molecule has 4 nitrogen and oxygen atoms in total. The molecule has 2 aromatic heterocycles. The summed E-state index contributed by atoms with van der Waals surface area (Å²) in [6, 6.07) is 0. The van der Waals surface area contributed by atoms with Gasteiger partial charge in [0, 0.05) is 17.8 Å². The van der Waals surface area contributed by atoms with Gasteiger partial charge in [-0.25, -0.2) is 4.98 Å². The zero-order valence-electron chi connectivity index (χ0n) is 9.03. The largest absolute Gasteiger partial charge is 0.282 e. The van der Waals surface area contributed by atoms with Crippen LogP contribution < -0.4 is 0 Å². The molecule has 0 bridgehead atoms. The minimum atomic E-state index is 0.0280. The summed E-state index contributed by atoms with van der Waals surface area (Å²) in [4.78, 5) is 4.12. The van der Waals surface area contributed by atoms with Crippen molar-refractivity contribution in [3.05, 3.63) is 22.8 Å².